The van der Waals surface area contributed by atoms with E-state index in [4.69, 9.17) is 4.74 Å². The first-order valence-corrected chi connectivity index (χ1v) is 6.50. The highest BCUT2D eigenvalue weighted by molar-refractivity contribution is 5.88. The Labute approximate surface area is 118 Å². The van der Waals surface area contributed by atoms with Crippen molar-refractivity contribution in [3.63, 3.8) is 0 Å². The molecule has 0 aliphatic heterocycles. The number of ether oxygens (including phenoxy) is 1. The summed E-state index contributed by atoms with van der Waals surface area (Å²) in [6.07, 6.45) is 0. The Hall–Kier alpha value is -1.91. The van der Waals surface area contributed by atoms with Crippen LogP contribution in [0.4, 0.5) is 4.39 Å². The first-order valence-electron chi connectivity index (χ1n) is 6.50. The highest BCUT2D eigenvalue weighted by Gasteiger charge is 2.20. The second-order valence-corrected chi connectivity index (χ2v) is 5.10. The Kier molecular flexibility index (Phi) is 5.67. The number of hydrogen-bond donors (Lipinski definition) is 1. The molecule has 0 heterocycles. The van der Waals surface area contributed by atoms with Crippen molar-refractivity contribution in [1.29, 1.82) is 0 Å². The molecule has 0 aliphatic rings. The molecule has 1 aromatic rings. The Morgan fingerprint density at radius 3 is 2.50 bits per heavy atom. The number of hydrogen-bond acceptors (Lipinski definition) is 3. The molecule has 0 bridgehead atoms. The van der Waals surface area contributed by atoms with Gasteiger partial charge < -0.3 is 10.1 Å². The molecule has 1 rings (SSSR count). The van der Waals surface area contributed by atoms with E-state index in [1.165, 1.54) is 13.0 Å². The molecule has 110 valence electrons. The van der Waals surface area contributed by atoms with Crippen LogP contribution < -0.4 is 10.1 Å². The van der Waals surface area contributed by atoms with Crippen molar-refractivity contribution in [1.82, 2.24) is 5.32 Å². The predicted octanol–water partition coefficient (Wildman–Crippen LogP) is 2.24. The lowest BCUT2D eigenvalue weighted by atomic mass is 10.0. The molecule has 1 atom stereocenters. The van der Waals surface area contributed by atoms with E-state index in [-0.39, 0.29) is 29.9 Å². The third kappa shape index (κ3) is 4.64. The average Bonchev–Trinajstić information content (AvgIpc) is 2.36. The molecule has 0 fully saturated rings. The van der Waals surface area contributed by atoms with Crippen LogP contribution in [0.3, 0.4) is 0 Å². The fourth-order valence-electron chi connectivity index (χ4n) is 1.77. The number of benzene rings is 1. The number of Topliss-reactive ketones (excluding diaryl/α,β-unsaturated/α-hetero) is 1. The molecule has 0 saturated heterocycles. The van der Waals surface area contributed by atoms with Gasteiger partial charge in [-0.3, -0.25) is 9.59 Å². The molecule has 5 heteroatoms. The normalized spacial score (nSPS) is 12.1. The lowest BCUT2D eigenvalue weighted by Gasteiger charge is -2.19. The van der Waals surface area contributed by atoms with E-state index in [2.05, 4.69) is 5.32 Å². The number of halogens is 1. The van der Waals surface area contributed by atoms with E-state index in [9.17, 15) is 14.0 Å². The van der Waals surface area contributed by atoms with Gasteiger partial charge >= 0.3 is 0 Å². The minimum atomic E-state index is -0.527. The molecule has 0 aliphatic carbocycles. The van der Waals surface area contributed by atoms with Crippen molar-refractivity contribution in [2.45, 2.75) is 33.7 Å². The summed E-state index contributed by atoms with van der Waals surface area (Å²) in [4.78, 5) is 23.1. The standard InChI is InChI=1S/C15H20FNO3/c1-9(2)15(11(4)18)17-14(19)8-20-12-6-5-10(3)13(16)7-12/h5-7,9,15H,8H2,1-4H3,(H,17,19). The van der Waals surface area contributed by atoms with Gasteiger partial charge in [-0.25, -0.2) is 4.39 Å². The van der Waals surface area contributed by atoms with E-state index in [1.807, 2.05) is 13.8 Å². The van der Waals surface area contributed by atoms with E-state index in [0.29, 0.717) is 5.56 Å². The van der Waals surface area contributed by atoms with E-state index in [0.717, 1.165) is 0 Å². The number of aryl methyl sites for hydroxylation is 1. The first-order chi connectivity index (χ1) is 9.31. The molecule has 0 saturated carbocycles. The van der Waals surface area contributed by atoms with Gasteiger partial charge in [0.25, 0.3) is 5.91 Å². The van der Waals surface area contributed by atoms with E-state index in [1.54, 1.807) is 19.1 Å². The van der Waals surface area contributed by atoms with Gasteiger partial charge in [0.1, 0.15) is 11.6 Å². The fraction of sp³-hybridized carbons (Fsp3) is 0.467. The Morgan fingerprint density at radius 2 is 2.00 bits per heavy atom. The predicted molar refractivity (Wildman–Crippen MR) is 74.1 cm³/mol. The van der Waals surface area contributed by atoms with Crippen LogP contribution in [0.2, 0.25) is 0 Å². The maximum Gasteiger partial charge on any atom is 0.258 e. The van der Waals surface area contributed by atoms with Crippen molar-refractivity contribution in [3.05, 3.63) is 29.6 Å². The molecule has 1 unspecified atom stereocenters. The number of ketones is 1. The maximum absolute atomic E-state index is 13.3. The van der Waals surface area contributed by atoms with E-state index < -0.39 is 11.9 Å². The van der Waals surface area contributed by atoms with Crippen LogP contribution in [0.1, 0.15) is 26.3 Å². The Morgan fingerprint density at radius 1 is 1.35 bits per heavy atom. The summed E-state index contributed by atoms with van der Waals surface area (Å²) < 4.78 is 18.5. The van der Waals surface area contributed by atoms with Crippen molar-refractivity contribution < 1.29 is 18.7 Å². The van der Waals surface area contributed by atoms with Crippen molar-refractivity contribution in [3.8, 4) is 5.75 Å². The number of carbonyl (C=O) groups is 2. The quantitative estimate of drug-likeness (QED) is 0.870. The third-order valence-electron chi connectivity index (χ3n) is 2.93. The SMILES string of the molecule is CC(=O)C(NC(=O)COc1ccc(C)c(F)c1)C(C)C. The number of carbonyl (C=O) groups excluding carboxylic acids is 2. The molecule has 4 nitrogen and oxygen atoms in total. The van der Waals surface area contributed by atoms with Gasteiger partial charge in [0.05, 0.1) is 6.04 Å². The van der Waals surface area contributed by atoms with Gasteiger partial charge in [-0.1, -0.05) is 19.9 Å². The van der Waals surface area contributed by atoms with E-state index >= 15 is 0 Å². The van der Waals surface area contributed by atoms with Crippen molar-refractivity contribution in [2.75, 3.05) is 6.61 Å². The second-order valence-electron chi connectivity index (χ2n) is 5.10. The summed E-state index contributed by atoms with van der Waals surface area (Å²) in [5, 5.41) is 2.60. The lowest BCUT2D eigenvalue weighted by molar-refractivity contribution is -0.129. The van der Waals surface area contributed by atoms with Crippen LogP contribution in [0, 0.1) is 18.7 Å². The zero-order valence-electron chi connectivity index (χ0n) is 12.2. The minimum absolute atomic E-state index is 0.00766. The monoisotopic (exact) mass is 281 g/mol. The van der Waals surface area contributed by atoms with Gasteiger partial charge in [0.15, 0.2) is 12.4 Å². The fourth-order valence-corrected chi connectivity index (χ4v) is 1.77. The topological polar surface area (TPSA) is 55.4 Å². The summed E-state index contributed by atoms with van der Waals surface area (Å²) in [5.41, 5.74) is 0.512. The minimum Gasteiger partial charge on any atom is -0.484 e. The Bertz CT molecular complexity index is 500. The molecule has 0 radical (unpaired) electrons. The second kappa shape index (κ2) is 7.03. The van der Waals surface area contributed by atoms with Gasteiger partial charge in [0.2, 0.25) is 0 Å². The van der Waals surface area contributed by atoms with Crippen LogP contribution in [0.5, 0.6) is 5.75 Å². The van der Waals surface area contributed by atoms with Crippen LogP contribution in [0.25, 0.3) is 0 Å². The number of amides is 1. The summed E-state index contributed by atoms with van der Waals surface area (Å²) in [6, 6.07) is 3.87. The third-order valence-corrected chi connectivity index (χ3v) is 2.93. The molecule has 1 aromatic carbocycles. The molecule has 1 amide bonds. The summed E-state index contributed by atoms with van der Waals surface area (Å²) in [6.45, 7) is 6.52. The van der Waals surface area contributed by atoms with Crippen molar-refractivity contribution >= 4 is 11.7 Å². The summed E-state index contributed by atoms with van der Waals surface area (Å²) in [5.74, 6) is -0.596. The van der Waals surface area contributed by atoms with Crippen LogP contribution >= 0.6 is 0 Å². The highest BCUT2D eigenvalue weighted by atomic mass is 19.1. The van der Waals surface area contributed by atoms with Gasteiger partial charge in [0, 0.05) is 6.07 Å². The molecule has 20 heavy (non-hydrogen) atoms. The van der Waals surface area contributed by atoms with Gasteiger partial charge in [-0.05, 0) is 31.4 Å². The molecule has 0 aromatic heterocycles. The molecular formula is C15H20FNO3. The molecule has 1 N–H and O–H groups in total. The highest BCUT2D eigenvalue weighted by Crippen LogP contribution is 2.15. The zero-order chi connectivity index (χ0) is 15.3. The maximum atomic E-state index is 13.3. The van der Waals surface area contributed by atoms with Gasteiger partial charge in [-0.2, -0.15) is 0 Å². The summed E-state index contributed by atoms with van der Waals surface area (Å²) in [7, 11) is 0. The largest absolute Gasteiger partial charge is 0.484 e. The van der Waals surface area contributed by atoms with Crippen LogP contribution in [-0.2, 0) is 9.59 Å². The van der Waals surface area contributed by atoms with Gasteiger partial charge in [-0.15, -0.1) is 0 Å². The zero-order valence-corrected chi connectivity index (χ0v) is 12.2. The smallest absolute Gasteiger partial charge is 0.258 e. The number of nitrogens with one attached hydrogen (secondary N) is 1. The summed E-state index contributed by atoms with van der Waals surface area (Å²) >= 11 is 0. The number of rotatable bonds is 6. The van der Waals surface area contributed by atoms with Crippen molar-refractivity contribution in [2.24, 2.45) is 5.92 Å². The lowest BCUT2D eigenvalue weighted by Crippen LogP contribution is -2.45. The average molecular weight is 281 g/mol. The molecular weight excluding hydrogens is 261 g/mol. The van der Waals surface area contributed by atoms with Crippen LogP contribution in [-0.4, -0.2) is 24.3 Å². The first kappa shape index (κ1) is 16.1. The van der Waals surface area contributed by atoms with Crippen LogP contribution in [0.15, 0.2) is 18.2 Å². The molecule has 0 spiro atoms. The Balaban J connectivity index is 2.54.